The van der Waals surface area contributed by atoms with Gasteiger partial charge < -0.3 is 19.3 Å². The van der Waals surface area contributed by atoms with E-state index in [1.165, 1.54) is 5.56 Å². The van der Waals surface area contributed by atoms with Crippen molar-refractivity contribution in [3.63, 3.8) is 0 Å². The molecular formula is C26H34O4. The molecule has 0 saturated heterocycles. The average Bonchev–Trinajstić information content (AvgIpc) is 3.16. The standard InChI is InChI=1S/C26H34O4/c1-3-5-13-28-20-9-7-18(8-10-20)26-24-16-19(27)15-22(24)23-17-21(29-14-6-4-2)11-12-25(23)30-26/h7-12,17,19,22,24,26-27H,3-6,13-16H2,1-2H3/t19-,22-,24-,26-/m0/s1. The van der Waals surface area contributed by atoms with Crippen molar-refractivity contribution in [2.24, 2.45) is 5.92 Å². The van der Waals surface area contributed by atoms with Gasteiger partial charge in [-0.05, 0) is 67.5 Å². The number of aliphatic hydroxyl groups is 1. The fourth-order valence-corrected chi connectivity index (χ4v) is 4.71. The Hall–Kier alpha value is -2.20. The van der Waals surface area contributed by atoms with Crippen LogP contribution in [0, 0.1) is 5.92 Å². The molecule has 0 spiro atoms. The summed E-state index contributed by atoms with van der Waals surface area (Å²) in [5, 5.41) is 10.5. The zero-order valence-corrected chi connectivity index (χ0v) is 18.2. The molecular weight excluding hydrogens is 376 g/mol. The van der Waals surface area contributed by atoms with Crippen LogP contribution in [0.25, 0.3) is 0 Å². The molecule has 1 heterocycles. The number of aliphatic hydroxyl groups excluding tert-OH is 1. The lowest BCUT2D eigenvalue weighted by molar-refractivity contribution is 0.0959. The molecule has 162 valence electrons. The van der Waals surface area contributed by atoms with Gasteiger partial charge in [0.1, 0.15) is 23.4 Å². The monoisotopic (exact) mass is 410 g/mol. The molecule has 1 aliphatic heterocycles. The Balaban J connectivity index is 1.54. The number of unbranched alkanes of at least 4 members (excludes halogenated alkanes) is 2. The van der Waals surface area contributed by atoms with Gasteiger partial charge in [0, 0.05) is 11.5 Å². The van der Waals surface area contributed by atoms with Crippen LogP contribution in [0.5, 0.6) is 17.2 Å². The van der Waals surface area contributed by atoms with Gasteiger partial charge in [-0.15, -0.1) is 0 Å². The highest BCUT2D eigenvalue weighted by molar-refractivity contribution is 5.46. The van der Waals surface area contributed by atoms with Crippen molar-refractivity contribution in [1.82, 2.24) is 0 Å². The van der Waals surface area contributed by atoms with Gasteiger partial charge in [-0.25, -0.2) is 0 Å². The van der Waals surface area contributed by atoms with Crippen LogP contribution in [0.3, 0.4) is 0 Å². The molecule has 1 aliphatic carbocycles. The summed E-state index contributed by atoms with van der Waals surface area (Å²) in [5.41, 5.74) is 2.33. The zero-order valence-electron chi connectivity index (χ0n) is 18.2. The van der Waals surface area contributed by atoms with Crippen LogP contribution >= 0.6 is 0 Å². The maximum atomic E-state index is 10.5. The Morgan fingerprint density at radius 3 is 2.27 bits per heavy atom. The van der Waals surface area contributed by atoms with Gasteiger partial charge in [-0.3, -0.25) is 0 Å². The van der Waals surface area contributed by atoms with E-state index in [-0.39, 0.29) is 18.1 Å². The van der Waals surface area contributed by atoms with E-state index in [0.29, 0.717) is 5.92 Å². The maximum absolute atomic E-state index is 10.5. The Morgan fingerprint density at radius 1 is 0.900 bits per heavy atom. The van der Waals surface area contributed by atoms with Crippen LogP contribution in [0.15, 0.2) is 42.5 Å². The first kappa shape index (κ1) is 21.0. The largest absolute Gasteiger partial charge is 0.494 e. The maximum Gasteiger partial charge on any atom is 0.127 e. The Labute approximate surface area is 180 Å². The molecule has 4 heteroatoms. The highest BCUT2D eigenvalue weighted by Gasteiger charge is 2.45. The van der Waals surface area contributed by atoms with Gasteiger partial charge in [-0.2, -0.15) is 0 Å². The molecule has 2 aromatic carbocycles. The lowest BCUT2D eigenvalue weighted by Crippen LogP contribution is -2.26. The van der Waals surface area contributed by atoms with Gasteiger partial charge in [0.05, 0.1) is 19.3 Å². The van der Waals surface area contributed by atoms with Crippen LogP contribution in [0.4, 0.5) is 0 Å². The van der Waals surface area contributed by atoms with E-state index in [9.17, 15) is 5.11 Å². The number of rotatable bonds is 9. The molecule has 0 bridgehead atoms. The zero-order chi connectivity index (χ0) is 20.9. The van der Waals surface area contributed by atoms with E-state index in [1.54, 1.807) is 0 Å². The summed E-state index contributed by atoms with van der Waals surface area (Å²) in [4.78, 5) is 0. The summed E-state index contributed by atoms with van der Waals surface area (Å²) in [5.74, 6) is 3.29. The van der Waals surface area contributed by atoms with E-state index in [0.717, 1.165) is 74.6 Å². The fourth-order valence-electron chi connectivity index (χ4n) is 4.71. The summed E-state index contributed by atoms with van der Waals surface area (Å²) in [6, 6.07) is 14.5. The molecule has 0 aromatic heterocycles. The lowest BCUT2D eigenvalue weighted by atomic mass is 9.80. The number of benzene rings is 2. The smallest absolute Gasteiger partial charge is 0.127 e. The molecule has 2 aliphatic rings. The van der Waals surface area contributed by atoms with Gasteiger partial charge in [-0.1, -0.05) is 38.8 Å². The molecule has 4 nitrogen and oxygen atoms in total. The predicted octanol–water partition coefficient (Wildman–Crippen LogP) is 6.03. The van der Waals surface area contributed by atoms with Crippen molar-refractivity contribution in [2.45, 2.75) is 70.5 Å². The SMILES string of the molecule is CCCCOc1ccc([C@@H]2Oc3ccc(OCCCC)cc3[C@@H]3C[C@H](O)C[C@@H]32)cc1. The van der Waals surface area contributed by atoms with E-state index >= 15 is 0 Å². The molecule has 2 aromatic rings. The molecule has 0 unspecified atom stereocenters. The van der Waals surface area contributed by atoms with E-state index in [1.807, 2.05) is 24.3 Å². The van der Waals surface area contributed by atoms with Crippen LogP contribution in [0.1, 0.15) is 75.5 Å². The lowest BCUT2D eigenvalue weighted by Gasteiger charge is -2.36. The quantitative estimate of drug-likeness (QED) is 0.513. The molecule has 0 amide bonds. The summed E-state index contributed by atoms with van der Waals surface area (Å²) in [7, 11) is 0. The highest BCUT2D eigenvalue weighted by Crippen LogP contribution is 2.54. The second kappa shape index (κ2) is 9.74. The van der Waals surface area contributed by atoms with Crippen molar-refractivity contribution >= 4 is 0 Å². The number of hydrogen-bond donors (Lipinski definition) is 1. The van der Waals surface area contributed by atoms with Crippen molar-refractivity contribution in [3.05, 3.63) is 53.6 Å². The fraction of sp³-hybridized carbons (Fsp3) is 0.538. The summed E-state index contributed by atoms with van der Waals surface area (Å²) in [6.07, 6.45) is 5.60. The second-order valence-corrected chi connectivity index (χ2v) is 8.61. The van der Waals surface area contributed by atoms with Crippen molar-refractivity contribution in [2.75, 3.05) is 13.2 Å². The Morgan fingerprint density at radius 2 is 1.57 bits per heavy atom. The Kier molecular flexibility index (Phi) is 6.83. The first-order valence-electron chi connectivity index (χ1n) is 11.5. The first-order valence-corrected chi connectivity index (χ1v) is 11.5. The molecule has 1 saturated carbocycles. The Bertz CT molecular complexity index is 816. The van der Waals surface area contributed by atoms with Crippen LogP contribution in [-0.2, 0) is 0 Å². The van der Waals surface area contributed by atoms with Crippen molar-refractivity contribution in [3.8, 4) is 17.2 Å². The van der Waals surface area contributed by atoms with Gasteiger partial charge in [0.2, 0.25) is 0 Å². The van der Waals surface area contributed by atoms with Crippen LogP contribution < -0.4 is 14.2 Å². The van der Waals surface area contributed by atoms with E-state index in [2.05, 4.69) is 32.0 Å². The second-order valence-electron chi connectivity index (χ2n) is 8.61. The first-order chi connectivity index (χ1) is 14.7. The average molecular weight is 411 g/mol. The normalized spacial score (nSPS) is 24.6. The summed E-state index contributed by atoms with van der Waals surface area (Å²) >= 11 is 0. The van der Waals surface area contributed by atoms with E-state index < -0.39 is 0 Å². The number of hydrogen-bond acceptors (Lipinski definition) is 4. The van der Waals surface area contributed by atoms with Gasteiger partial charge in [0.25, 0.3) is 0 Å². The topological polar surface area (TPSA) is 47.9 Å². The third-order valence-electron chi connectivity index (χ3n) is 6.35. The molecule has 30 heavy (non-hydrogen) atoms. The minimum atomic E-state index is -0.279. The van der Waals surface area contributed by atoms with Crippen molar-refractivity contribution < 1.29 is 19.3 Å². The van der Waals surface area contributed by atoms with Gasteiger partial charge in [0.15, 0.2) is 0 Å². The number of fused-ring (bicyclic) bond motifs is 3. The predicted molar refractivity (Wildman–Crippen MR) is 119 cm³/mol. The van der Waals surface area contributed by atoms with Gasteiger partial charge >= 0.3 is 0 Å². The minimum Gasteiger partial charge on any atom is -0.494 e. The van der Waals surface area contributed by atoms with Crippen molar-refractivity contribution in [1.29, 1.82) is 0 Å². The minimum absolute atomic E-state index is 0.0452. The van der Waals surface area contributed by atoms with E-state index in [4.69, 9.17) is 14.2 Å². The highest BCUT2D eigenvalue weighted by atomic mass is 16.5. The van der Waals surface area contributed by atoms with Crippen LogP contribution in [0.2, 0.25) is 0 Å². The third kappa shape index (κ3) is 4.59. The molecule has 1 fully saturated rings. The molecule has 0 radical (unpaired) electrons. The molecule has 4 atom stereocenters. The van der Waals surface area contributed by atoms with Crippen LogP contribution in [-0.4, -0.2) is 24.4 Å². The number of ether oxygens (including phenoxy) is 3. The summed E-state index contributed by atoms with van der Waals surface area (Å²) < 4.78 is 18.2. The molecule has 4 rings (SSSR count). The summed E-state index contributed by atoms with van der Waals surface area (Å²) in [6.45, 7) is 5.82. The molecule has 1 N–H and O–H groups in total. The third-order valence-corrected chi connectivity index (χ3v) is 6.35.